The van der Waals surface area contributed by atoms with Crippen molar-refractivity contribution in [1.29, 1.82) is 0 Å². The van der Waals surface area contributed by atoms with Crippen molar-refractivity contribution in [3.63, 3.8) is 0 Å². The summed E-state index contributed by atoms with van der Waals surface area (Å²) in [5.41, 5.74) is 15.0. The number of aromatic nitrogens is 1. The molecule has 0 bridgehead atoms. The van der Waals surface area contributed by atoms with E-state index in [0.29, 0.717) is 6.54 Å². The minimum Gasteiger partial charge on any atom is -0.330 e. The highest BCUT2D eigenvalue weighted by Crippen LogP contribution is 2.10. The van der Waals surface area contributed by atoms with Crippen LogP contribution < -0.4 is 11.5 Å². The van der Waals surface area contributed by atoms with E-state index in [1.165, 1.54) is 11.1 Å². The molecule has 0 aliphatic rings. The summed E-state index contributed by atoms with van der Waals surface area (Å²) in [5.74, 6) is 0. The van der Waals surface area contributed by atoms with Gasteiger partial charge in [-0.2, -0.15) is 0 Å². The number of hydrogen-bond donors (Lipinski definition) is 2. The first-order valence-corrected chi connectivity index (χ1v) is 5.51. The summed E-state index contributed by atoms with van der Waals surface area (Å²) < 4.78 is 0. The fourth-order valence-corrected chi connectivity index (χ4v) is 1.69. The number of aryl methyl sites for hydroxylation is 2. The van der Waals surface area contributed by atoms with Crippen molar-refractivity contribution in [2.75, 3.05) is 6.54 Å². The van der Waals surface area contributed by atoms with Gasteiger partial charge < -0.3 is 11.5 Å². The van der Waals surface area contributed by atoms with Crippen molar-refractivity contribution in [3.8, 4) is 0 Å². The first kappa shape index (κ1) is 12.1. The highest BCUT2D eigenvalue weighted by Gasteiger charge is 2.07. The van der Waals surface area contributed by atoms with Crippen molar-refractivity contribution >= 4 is 0 Å². The van der Waals surface area contributed by atoms with Crippen LogP contribution in [0.5, 0.6) is 0 Å². The van der Waals surface area contributed by atoms with Crippen LogP contribution in [0.3, 0.4) is 0 Å². The van der Waals surface area contributed by atoms with Crippen LogP contribution in [-0.4, -0.2) is 17.6 Å². The molecule has 15 heavy (non-hydrogen) atoms. The molecule has 84 valence electrons. The summed E-state index contributed by atoms with van der Waals surface area (Å²) in [4.78, 5) is 4.41. The van der Waals surface area contributed by atoms with E-state index in [9.17, 15) is 0 Å². The second kappa shape index (κ2) is 5.83. The van der Waals surface area contributed by atoms with E-state index in [1.807, 2.05) is 6.20 Å². The Kier molecular flexibility index (Phi) is 4.72. The zero-order chi connectivity index (χ0) is 11.3. The summed E-state index contributed by atoms with van der Waals surface area (Å²) in [7, 11) is 0. The fourth-order valence-electron chi connectivity index (χ4n) is 1.69. The average Bonchev–Trinajstić information content (AvgIpc) is 2.19. The summed E-state index contributed by atoms with van der Waals surface area (Å²) in [6.45, 7) is 4.86. The maximum absolute atomic E-state index is 6.00. The smallest absolute Gasteiger partial charge is 0.0448 e. The Labute approximate surface area is 91.9 Å². The molecule has 0 saturated heterocycles. The van der Waals surface area contributed by atoms with Crippen LogP contribution in [0.1, 0.15) is 29.7 Å². The fraction of sp³-hybridized carbons (Fsp3) is 0.583. The lowest BCUT2D eigenvalue weighted by molar-refractivity contribution is 0.577. The molecular formula is C12H21N3. The first-order valence-electron chi connectivity index (χ1n) is 5.51. The first-order chi connectivity index (χ1) is 7.13. The van der Waals surface area contributed by atoms with Crippen molar-refractivity contribution in [2.24, 2.45) is 11.5 Å². The van der Waals surface area contributed by atoms with Gasteiger partial charge in [0, 0.05) is 24.4 Å². The summed E-state index contributed by atoms with van der Waals surface area (Å²) in [6.07, 6.45) is 4.72. The van der Waals surface area contributed by atoms with Crippen LogP contribution in [-0.2, 0) is 6.42 Å². The molecule has 0 saturated carbocycles. The maximum atomic E-state index is 6.00. The Morgan fingerprint density at radius 3 is 2.73 bits per heavy atom. The number of rotatable bonds is 5. The van der Waals surface area contributed by atoms with Gasteiger partial charge in [0.1, 0.15) is 0 Å². The topological polar surface area (TPSA) is 64.9 Å². The molecule has 0 aromatic carbocycles. The second-order valence-electron chi connectivity index (χ2n) is 4.17. The van der Waals surface area contributed by atoms with Gasteiger partial charge in [-0.25, -0.2) is 0 Å². The largest absolute Gasteiger partial charge is 0.330 e. The van der Waals surface area contributed by atoms with Crippen molar-refractivity contribution < 1.29 is 0 Å². The molecule has 0 aliphatic heterocycles. The van der Waals surface area contributed by atoms with Gasteiger partial charge >= 0.3 is 0 Å². The molecule has 4 N–H and O–H groups in total. The molecule has 3 heteroatoms. The van der Waals surface area contributed by atoms with E-state index in [1.54, 1.807) is 0 Å². The molecule has 1 heterocycles. The van der Waals surface area contributed by atoms with Gasteiger partial charge in [0.25, 0.3) is 0 Å². The predicted molar refractivity (Wildman–Crippen MR) is 63.7 cm³/mol. The molecule has 1 atom stereocenters. The minimum atomic E-state index is 0.183. The molecule has 1 aromatic heterocycles. The lowest BCUT2D eigenvalue weighted by Gasteiger charge is -2.12. The van der Waals surface area contributed by atoms with Crippen molar-refractivity contribution in [3.05, 3.63) is 29.1 Å². The summed E-state index contributed by atoms with van der Waals surface area (Å²) in [5, 5.41) is 0. The Morgan fingerprint density at radius 2 is 2.13 bits per heavy atom. The number of nitrogens with two attached hydrogens (primary N) is 2. The normalized spacial score (nSPS) is 12.8. The van der Waals surface area contributed by atoms with Crippen LogP contribution >= 0.6 is 0 Å². The van der Waals surface area contributed by atoms with E-state index >= 15 is 0 Å². The average molecular weight is 207 g/mol. The predicted octanol–water partition coefficient (Wildman–Crippen LogP) is 1.31. The standard InChI is InChI=1S/C12H21N3/c1-9-6-10(2)12(15-8-9)7-11(14)4-3-5-13/h6,8,11H,3-5,7,13-14H2,1-2H3. The molecule has 1 rings (SSSR count). The quantitative estimate of drug-likeness (QED) is 0.765. The monoisotopic (exact) mass is 207 g/mol. The van der Waals surface area contributed by atoms with Gasteiger partial charge in [0.15, 0.2) is 0 Å². The van der Waals surface area contributed by atoms with E-state index in [4.69, 9.17) is 11.5 Å². The highest BCUT2D eigenvalue weighted by atomic mass is 14.7. The maximum Gasteiger partial charge on any atom is 0.0448 e. The molecule has 1 unspecified atom stereocenters. The van der Waals surface area contributed by atoms with Crippen LogP contribution in [0.25, 0.3) is 0 Å². The Balaban J connectivity index is 2.56. The molecular weight excluding hydrogens is 186 g/mol. The van der Waals surface area contributed by atoms with Crippen LogP contribution in [0.2, 0.25) is 0 Å². The molecule has 3 nitrogen and oxygen atoms in total. The van der Waals surface area contributed by atoms with E-state index in [0.717, 1.165) is 25.0 Å². The SMILES string of the molecule is Cc1cnc(CC(N)CCCN)c(C)c1. The number of hydrogen-bond acceptors (Lipinski definition) is 3. The van der Waals surface area contributed by atoms with Gasteiger partial charge in [-0.05, 0) is 44.4 Å². The molecule has 0 fully saturated rings. The Hall–Kier alpha value is -0.930. The molecule has 1 aromatic rings. The Morgan fingerprint density at radius 1 is 1.40 bits per heavy atom. The number of nitrogens with zero attached hydrogens (tertiary/aromatic N) is 1. The molecule has 0 spiro atoms. The number of pyridine rings is 1. The van der Waals surface area contributed by atoms with E-state index in [2.05, 4.69) is 24.9 Å². The van der Waals surface area contributed by atoms with Crippen molar-refractivity contribution in [2.45, 2.75) is 39.2 Å². The highest BCUT2D eigenvalue weighted by molar-refractivity contribution is 5.23. The lowest BCUT2D eigenvalue weighted by atomic mass is 10.0. The van der Waals surface area contributed by atoms with E-state index in [-0.39, 0.29) is 6.04 Å². The van der Waals surface area contributed by atoms with Gasteiger partial charge in [0.05, 0.1) is 0 Å². The zero-order valence-electron chi connectivity index (χ0n) is 9.66. The van der Waals surface area contributed by atoms with Crippen LogP contribution in [0.4, 0.5) is 0 Å². The third kappa shape index (κ3) is 3.98. The van der Waals surface area contributed by atoms with Crippen LogP contribution in [0.15, 0.2) is 12.3 Å². The van der Waals surface area contributed by atoms with E-state index < -0.39 is 0 Å². The zero-order valence-corrected chi connectivity index (χ0v) is 9.66. The van der Waals surface area contributed by atoms with Crippen molar-refractivity contribution in [1.82, 2.24) is 4.98 Å². The second-order valence-corrected chi connectivity index (χ2v) is 4.17. The van der Waals surface area contributed by atoms with Crippen LogP contribution in [0, 0.1) is 13.8 Å². The molecule has 0 radical (unpaired) electrons. The third-order valence-corrected chi connectivity index (χ3v) is 2.56. The minimum absolute atomic E-state index is 0.183. The van der Waals surface area contributed by atoms with Gasteiger partial charge in [0.2, 0.25) is 0 Å². The van der Waals surface area contributed by atoms with Gasteiger partial charge in [-0.3, -0.25) is 4.98 Å². The summed E-state index contributed by atoms with van der Waals surface area (Å²) in [6, 6.07) is 2.33. The summed E-state index contributed by atoms with van der Waals surface area (Å²) >= 11 is 0. The molecule has 0 aliphatic carbocycles. The third-order valence-electron chi connectivity index (χ3n) is 2.56. The Bertz CT molecular complexity index is 310. The van der Waals surface area contributed by atoms with Gasteiger partial charge in [-0.1, -0.05) is 6.07 Å². The van der Waals surface area contributed by atoms with Gasteiger partial charge in [-0.15, -0.1) is 0 Å². The lowest BCUT2D eigenvalue weighted by Crippen LogP contribution is -2.24. The molecule has 0 amide bonds.